The van der Waals surface area contributed by atoms with Gasteiger partial charge in [-0.15, -0.1) is 0 Å². The molecule has 0 unspecified atom stereocenters. The third-order valence-corrected chi connectivity index (χ3v) is 3.88. The van der Waals surface area contributed by atoms with E-state index in [0.717, 1.165) is 12.8 Å². The molecule has 2 aromatic rings. The first-order valence-electron chi connectivity index (χ1n) is 7.07. The molecular formula is C14H14ClN7O. The Balaban J connectivity index is 1.52. The van der Waals surface area contributed by atoms with Crippen LogP contribution in [0.1, 0.15) is 34.8 Å². The number of halogens is 1. The molecule has 0 spiro atoms. The van der Waals surface area contributed by atoms with Gasteiger partial charge in [-0.25, -0.2) is 9.97 Å². The average Bonchev–Trinajstić information content (AvgIpc) is 2.90. The molecule has 1 amide bonds. The third kappa shape index (κ3) is 3.40. The SMILES string of the molecule is Cc1nc(C#N)cc(NC2CC(NC(=O)c3[nH]ncc3Cl)C2)n1. The summed E-state index contributed by atoms with van der Waals surface area (Å²) in [5, 5.41) is 21.6. The number of H-pyrrole nitrogens is 1. The largest absolute Gasteiger partial charge is 0.367 e. The zero-order chi connectivity index (χ0) is 16.4. The quantitative estimate of drug-likeness (QED) is 0.779. The second-order valence-electron chi connectivity index (χ2n) is 5.37. The Morgan fingerprint density at radius 3 is 2.87 bits per heavy atom. The van der Waals surface area contributed by atoms with E-state index in [2.05, 4.69) is 30.8 Å². The molecule has 9 heteroatoms. The van der Waals surface area contributed by atoms with Gasteiger partial charge in [-0.05, 0) is 19.8 Å². The third-order valence-electron chi connectivity index (χ3n) is 3.60. The zero-order valence-corrected chi connectivity index (χ0v) is 13.1. The predicted molar refractivity (Wildman–Crippen MR) is 83.0 cm³/mol. The standard InChI is InChI=1S/C14H14ClN7O/c1-7-18-10(5-16)4-12(19-7)20-8-2-9(3-8)21-14(23)13-11(15)6-17-22-13/h4,6,8-9H,2-3H2,1H3,(H,17,22)(H,21,23)(H,18,19,20). The van der Waals surface area contributed by atoms with Crippen LogP contribution in [0.4, 0.5) is 5.82 Å². The first kappa shape index (κ1) is 15.2. The van der Waals surface area contributed by atoms with Gasteiger partial charge < -0.3 is 10.6 Å². The fourth-order valence-electron chi connectivity index (χ4n) is 2.45. The Kier molecular flexibility index (Phi) is 4.12. The summed E-state index contributed by atoms with van der Waals surface area (Å²) in [4.78, 5) is 20.2. The molecule has 3 rings (SSSR count). The van der Waals surface area contributed by atoms with Gasteiger partial charge in [-0.1, -0.05) is 11.6 Å². The lowest BCUT2D eigenvalue weighted by Gasteiger charge is -2.36. The maximum Gasteiger partial charge on any atom is 0.271 e. The number of rotatable bonds is 4. The van der Waals surface area contributed by atoms with E-state index in [1.807, 2.05) is 6.07 Å². The minimum atomic E-state index is -0.263. The minimum Gasteiger partial charge on any atom is -0.367 e. The molecule has 0 aliphatic heterocycles. The van der Waals surface area contributed by atoms with Crippen LogP contribution in [-0.4, -0.2) is 38.2 Å². The Hall–Kier alpha value is -2.66. The number of nitrogens with zero attached hydrogens (tertiary/aromatic N) is 4. The molecule has 0 radical (unpaired) electrons. The van der Waals surface area contributed by atoms with E-state index in [-0.39, 0.29) is 23.7 Å². The summed E-state index contributed by atoms with van der Waals surface area (Å²) in [7, 11) is 0. The van der Waals surface area contributed by atoms with Crippen LogP contribution in [0.3, 0.4) is 0 Å². The summed E-state index contributed by atoms with van der Waals surface area (Å²) in [6, 6.07) is 3.88. The van der Waals surface area contributed by atoms with Gasteiger partial charge in [0.05, 0.1) is 11.2 Å². The summed E-state index contributed by atoms with van der Waals surface area (Å²) >= 11 is 5.85. The fourth-order valence-corrected chi connectivity index (χ4v) is 2.63. The van der Waals surface area contributed by atoms with E-state index < -0.39 is 0 Å². The summed E-state index contributed by atoms with van der Waals surface area (Å²) in [6.45, 7) is 1.74. The van der Waals surface area contributed by atoms with Crippen LogP contribution >= 0.6 is 11.6 Å². The van der Waals surface area contributed by atoms with Crippen LogP contribution < -0.4 is 10.6 Å². The first-order chi connectivity index (χ1) is 11.0. The van der Waals surface area contributed by atoms with E-state index >= 15 is 0 Å². The van der Waals surface area contributed by atoms with Crippen molar-refractivity contribution < 1.29 is 4.79 Å². The molecule has 0 saturated heterocycles. The molecule has 0 bridgehead atoms. The smallest absolute Gasteiger partial charge is 0.271 e. The lowest BCUT2D eigenvalue weighted by molar-refractivity contribution is 0.0908. The van der Waals surface area contributed by atoms with E-state index in [9.17, 15) is 4.79 Å². The number of anilines is 1. The number of carbonyl (C=O) groups excluding carboxylic acids is 1. The summed E-state index contributed by atoms with van der Waals surface area (Å²) in [5.74, 6) is 0.908. The fraction of sp³-hybridized carbons (Fsp3) is 0.357. The van der Waals surface area contributed by atoms with Crippen molar-refractivity contribution in [2.24, 2.45) is 0 Å². The molecule has 1 aliphatic carbocycles. The molecule has 1 aliphatic rings. The van der Waals surface area contributed by atoms with Gasteiger partial charge in [0.2, 0.25) is 0 Å². The van der Waals surface area contributed by atoms with Crippen LogP contribution in [0.5, 0.6) is 0 Å². The van der Waals surface area contributed by atoms with Gasteiger partial charge in [-0.3, -0.25) is 9.89 Å². The van der Waals surface area contributed by atoms with Crippen LogP contribution in [0.2, 0.25) is 5.02 Å². The van der Waals surface area contributed by atoms with Gasteiger partial charge in [-0.2, -0.15) is 10.4 Å². The number of hydrogen-bond acceptors (Lipinski definition) is 6. The number of carbonyl (C=O) groups is 1. The molecule has 1 saturated carbocycles. The summed E-state index contributed by atoms with van der Waals surface area (Å²) in [6.07, 6.45) is 2.93. The first-order valence-corrected chi connectivity index (χ1v) is 7.45. The van der Waals surface area contributed by atoms with Gasteiger partial charge in [0, 0.05) is 18.2 Å². The van der Waals surface area contributed by atoms with Crippen LogP contribution in [0.15, 0.2) is 12.3 Å². The normalized spacial score (nSPS) is 19.5. The van der Waals surface area contributed by atoms with E-state index in [0.29, 0.717) is 22.4 Å². The zero-order valence-electron chi connectivity index (χ0n) is 12.3. The topological polar surface area (TPSA) is 119 Å². The van der Waals surface area contributed by atoms with Crippen molar-refractivity contribution in [1.82, 2.24) is 25.5 Å². The van der Waals surface area contributed by atoms with E-state index in [4.69, 9.17) is 16.9 Å². The number of aromatic nitrogens is 4. The molecule has 3 N–H and O–H groups in total. The number of aromatic amines is 1. The highest BCUT2D eigenvalue weighted by molar-refractivity contribution is 6.33. The molecule has 23 heavy (non-hydrogen) atoms. The minimum absolute atomic E-state index is 0.0674. The average molecular weight is 332 g/mol. The number of hydrogen-bond donors (Lipinski definition) is 3. The highest BCUT2D eigenvalue weighted by Crippen LogP contribution is 2.24. The Bertz CT molecular complexity index is 776. The maximum atomic E-state index is 12.0. The van der Waals surface area contributed by atoms with Crippen molar-refractivity contribution in [3.63, 3.8) is 0 Å². The molecule has 0 aromatic carbocycles. The molecule has 0 atom stereocenters. The van der Waals surface area contributed by atoms with Crippen molar-refractivity contribution in [2.75, 3.05) is 5.32 Å². The Labute approximate surface area is 137 Å². The number of aryl methyl sites for hydroxylation is 1. The summed E-state index contributed by atoms with van der Waals surface area (Å²) < 4.78 is 0. The van der Waals surface area contributed by atoms with Crippen LogP contribution in [0, 0.1) is 18.3 Å². The maximum absolute atomic E-state index is 12.0. The van der Waals surface area contributed by atoms with Crippen molar-refractivity contribution in [3.8, 4) is 6.07 Å². The number of nitrogens with one attached hydrogen (secondary N) is 3. The van der Waals surface area contributed by atoms with Crippen molar-refractivity contribution in [3.05, 3.63) is 34.5 Å². The second-order valence-corrected chi connectivity index (χ2v) is 5.78. The van der Waals surface area contributed by atoms with Crippen LogP contribution in [0.25, 0.3) is 0 Å². The lowest BCUT2D eigenvalue weighted by Crippen LogP contribution is -2.49. The highest BCUT2D eigenvalue weighted by atomic mass is 35.5. The lowest BCUT2D eigenvalue weighted by atomic mass is 9.86. The van der Waals surface area contributed by atoms with Gasteiger partial charge in [0.15, 0.2) is 0 Å². The molecule has 118 valence electrons. The Morgan fingerprint density at radius 2 is 2.22 bits per heavy atom. The second kappa shape index (κ2) is 6.22. The van der Waals surface area contributed by atoms with E-state index in [1.165, 1.54) is 6.20 Å². The predicted octanol–water partition coefficient (Wildman–Crippen LogP) is 1.41. The van der Waals surface area contributed by atoms with Crippen molar-refractivity contribution >= 4 is 23.3 Å². The highest BCUT2D eigenvalue weighted by Gasteiger charge is 2.31. The molecule has 1 fully saturated rings. The molecule has 8 nitrogen and oxygen atoms in total. The molecule has 2 heterocycles. The van der Waals surface area contributed by atoms with Crippen molar-refractivity contribution in [1.29, 1.82) is 5.26 Å². The van der Waals surface area contributed by atoms with Gasteiger partial charge in [0.25, 0.3) is 5.91 Å². The monoisotopic (exact) mass is 331 g/mol. The molecular weight excluding hydrogens is 318 g/mol. The Morgan fingerprint density at radius 1 is 1.43 bits per heavy atom. The number of amides is 1. The van der Waals surface area contributed by atoms with Gasteiger partial charge in [0.1, 0.15) is 29.1 Å². The summed E-state index contributed by atoms with van der Waals surface area (Å²) in [5.41, 5.74) is 0.603. The number of nitriles is 1. The van der Waals surface area contributed by atoms with E-state index in [1.54, 1.807) is 13.0 Å². The van der Waals surface area contributed by atoms with Crippen LogP contribution in [-0.2, 0) is 0 Å². The molecule has 2 aromatic heterocycles. The van der Waals surface area contributed by atoms with Gasteiger partial charge >= 0.3 is 0 Å². The van der Waals surface area contributed by atoms with Crippen molar-refractivity contribution in [2.45, 2.75) is 31.8 Å².